The van der Waals surface area contributed by atoms with Gasteiger partial charge in [0.25, 0.3) is 0 Å². The van der Waals surface area contributed by atoms with Gasteiger partial charge >= 0.3 is 5.97 Å². The van der Waals surface area contributed by atoms with Crippen LogP contribution in [-0.2, 0) is 14.3 Å². The zero-order valence-electron chi connectivity index (χ0n) is 11.7. The van der Waals surface area contributed by atoms with E-state index in [1.165, 1.54) is 6.42 Å². The highest BCUT2D eigenvalue weighted by Gasteiger charge is 2.48. The lowest BCUT2D eigenvalue weighted by Crippen LogP contribution is -2.50. The van der Waals surface area contributed by atoms with Crippen LogP contribution in [0.4, 0.5) is 0 Å². The van der Waals surface area contributed by atoms with Crippen LogP contribution in [0, 0.1) is 5.41 Å². The maximum Gasteiger partial charge on any atom is 0.319 e. The third-order valence-electron chi connectivity index (χ3n) is 4.86. The van der Waals surface area contributed by atoms with E-state index in [0.29, 0.717) is 19.4 Å². The van der Waals surface area contributed by atoms with Gasteiger partial charge in [-0.3, -0.25) is 9.59 Å². The molecule has 1 aliphatic heterocycles. The second kappa shape index (κ2) is 5.12. The molecule has 2 N–H and O–H groups in total. The van der Waals surface area contributed by atoms with E-state index in [4.69, 9.17) is 4.74 Å². The van der Waals surface area contributed by atoms with Crippen molar-refractivity contribution in [2.24, 2.45) is 5.41 Å². The van der Waals surface area contributed by atoms with Crippen molar-refractivity contribution in [3.05, 3.63) is 0 Å². The maximum atomic E-state index is 12.3. The molecule has 0 aromatic carbocycles. The van der Waals surface area contributed by atoms with Gasteiger partial charge in [-0.15, -0.1) is 0 Å². The zero-order chi connectivity index (χ0) is 14.1. The van der Waals surface area contributed by atoms with Crippen LogP contribution < -0.4 is 5.32 Å². The lowest BCUT2D eigenvalue weighted by Gasteiger charge is -2.37. The minimum absolute atomic E-state index is 0.0255. The average molecular weight is 269 g/mol. The van der Waals surface area contributed by atoms with Crippen molar-refractivity contribution < 1.29 is 19.4 Å². The number of carbonyl (C=O) groups excluding carboxylic acids is 1. The Kier molecular flexibility index (Phi) is 3.85. The molecule has 5 nitrogen and oxygen atoms in total. The molecule has 1 aliphatic carbocycles. The van der Waals surface area contributed by atoms with Gasteiger partial charge in [-0.25, -0.2) is 0 Å². The quantitative estimate of drug-likeness (QED) is 0.745. The highest BCUT2D eigenvalue weighted by atomic mass is 16.5. The fourth-order valence-corrected chi connectivity index (χ4v) is 3.15. The molecule has 1 saturated heterocycles. The molecule has 0 bridgehead atoms. The number of ether oxygens (including phenoxy) is 1. The number of carboxylic acid groups (broad SMARTS) is 1. The molecule has 2 aliphatic rings. The second-order valence-corrected chi connectivity index (χ2v) is 5.82. The Balaban J connectivity index is 1.98. The third kappa shape index (κ3) is 2.36. The highest BCUT2D eigenvalue weighted by molar-refractivity contribution is 6.01. The first-order chi connectivity index (χ1) is 8.98. The molecule has 0 radical (unpaired) electrons. The number of nitrogens with one attached hydrogen (secondary N) is 1. The molecular weight excluding hydrogens is 246 g/mol. The van der Waals surface area contributed by atoms with Gasteiger partial charge in [0.2, 0.25) is 5.91 Å². The minimum Gasteiger partial charge on any atom is -0.480 e. The minimum atomic E-state index is -1.30. The average Bonchev–Trinajstić information content (AvgIpc) is 2.75. The van der Waals surface area contributed by atoms with Crippen LogP contribution in [0.2, 0.25) is 0 Å². The number of hydrogen-bond acceptors (Lipinski definition) is 3. The first-order valence-electron chi connectivity index (χ1n) is 7.16. The number of rotatable bonds is 5. The van der Waals surface area contributed by atoms with E-state index >= 15 is 0 Å². The van der Waals surface area contributed by atoms with Crippen molar-refractivity contribution >= 4 is 11.9 Å². The smallest absolute Gasteiger partial charge is 0.319 e. The van der Waals surface area contributed by atoms with Crippen molar-refractivity contribution in [3.8, 4) is 0 Å². The van der Waals surface area contributed by atoms with Gasteiger partial charge in [0.05, 0.1) is 18.2 Å². The summed E-state index contributed by atoms with van der Waals surface area (Å²) in [6.45, 7) is 4.00. The van der Waals surface area contributed by atoms with Gasteiger partial charge in [-0.05, 0) is 38.5 Å². The fourth-order valence-electron chi connectivity index (χ4n) is 3.15. The monoisotopic (exact) mass is 269 g/mol. The molecule has 1 spiro atoms. The summed E-state index contributed by atoms with van der Waals surface area (Å²) in [5.74, 6) is -1.40. The molecule has 2 rings (SSSR count). The molecule has 1 amide bonds. The Bertz CT molecular complexity index is 372. The number of aliphatic carboxylic acids is 1. The summed E-state index contributed by atoms with van der Waals surface area (Å²) in [6, 6.07) is -0.0374. The van der Waals surface area contributed by atoms with Crippen molar-refractivity contribution in [2.75, 3.05) is 6.61 Å². The molecule has 1 heterocycles. The topological polar surface area (TPSA) is 75.6 Å². The van der Waals surface area contributed by atoms with Crippen molar-refractivity contribution in [2.45, 2.75) is 64.0 Å². The van der Waals surface area contributed by atoms with Crippen LogP contribution in [0.15, 0.2) is 0 Å². The molecular formula is C14H23NO4. The summed E-state index contributed by atoms with van der Waals surface area (Å²) in [5, 5.41) is 12.2. The van der Waals surface area contributed by atoms with Crippen LogP contribution in [0.3, 0.4) is 0 Å². The van der Waals surface area contributed by atoms with Crippen molar-refractivity contribution in [1.29, 1.82) is 0 Å². The van der Waals surface area contributed by atoms with E-state index in [0.717, 1.165) is 19.3 Å². The van der Waals surface area contributed by atoms with E-state index < -0.39 is 11.4 Å². The van der Waals surface area contributed by atoms with Gasteiger partial charge in [0.1, 0.15) is 5.41 Å². The van der Waals surface area contributed by atoms with Crippen LogP contribution >= 0.6 is 0 Å². The summed E-state index contributed by atoms with van der Waals surface area (Å²) in [6.07, 6.45) is 4.74. The Labute approximate surface area is 113 Å². The predicted molar refractivity (Wildman–Crippen MR) is 69.7 cm³/mol. The Morgan fingerprint density at radius 1 is 1.37 bits per heavy atom. The summed E-state index contributed by atoms with van der Waals surface area (Å²) in [4.78, 5) is 23.7. The van der Waals surface area contributed by atoms with Crippen LogP contribution in [0.1, 0.15) is 52.4 Å². The Morgan fingerprint density at radius 2 is 2.00 bits per heavy atom. The van der Waals surface area contributed by atoms with Crippen LogP contribution in [0.25, 0.3) is 0 Å². The van der Waals surface area contributed by atoms with E-state index in [1.54, 1.807) is 13.8 Å². The van der Waals surface area contributed by atoms with Crippen molar-refractivity contribution in [3.63, 3.8) is 0 Å². The number of amides is 1. The summed E-state index contributed by atoms with van der Waals surface area (Å²) >= 11 is 0. The molecule has 108 valence electrons. The van der Waals surface area contributed by atoms with Gasteiger partial charge in [0, 0.05) is 0 Å². The molecule has 1 unspecified atom stereocenters. The van der Waals surface area contributed by atoms with Gasteiger partial charge in [0.15, 0.2) is 0 Å². The fraction of sp³-hybridized carbons (Fsp3) is 0.857. The largest absolute Gasteiger partial charge is 0.480 e. The number of carboxylic acids is 1. The number of carbonyl (C=O) groups is 2. The van der Waals surface area contributed by atoms with Crippen LogP contribution in [0.5, 0.6) is 0 Å². The Morgan fingerprint density at radius 3 is 2.37 bits per heavy atom. The molecule has 1 atom stereocenters. The first-order valence-corrected chi connectivity index (χ1v) is 7.16. The second-order valence-electron chi connectivity index (χ2n) is 5.82. The van der Waals surface area contributed by atoms with Gasteiger partial charge in [-0.2, -0.15) is 0 Å². The van der Waals surface area contributed by atoms with Gasteiger partial charge in [-0.1, -0.05) is 13.8 Å². The van der Waals surface area contributed by atoms with E-state index in [-0.39, 0.29) is 17.6 Å². The lowest BCUT2D eigenvalue weighted by atomic mass is 9.77. The molecule has 5 heteroatoms. The standard InChI is InChI=1S/C14H23NO4/c1-3-14(4-2,12(17)18)11(16)15-10-8-13(19-9-10)6-5-7-13/h10H,3-9H2,1-2H3,(H,15,16)(H,17,18). The summed E-state index contributed by atoms with van der Waals surface area (Å²) in [7, 11) is 0. The summed E-state index contributed by atoms with van der Waals surface area (Å²) < 4.78 is 5.77. The van der Waals surface area contributed by atoms with E-state index in [2.05, 4.69) is 5.32 Å². The molecule has 1 saturated carbocycles. The molecule has 2 fully saturated rings. The molecule has 0 aromatic heterocycles. The highest BCUT2D eigenvalue weighted by Crippen LogP contribution is 2.43. The summed E-state index contributed by atoms with van der Waals surface area (Å²) in [5.41, 5.74) is -1.32. The van der Waals surface area contributed by atoms with E-state index in [1.807, 2.05) is 0 Å². The van der Waals surface area contributed by atoms with Crippen LogP contribution in [-0.4, -0.2) is 35.2 Å². The van der Waals surface area contributed by atoms with Gasteiger partial charge < -0.3 is 15.2 Å². The first kappa shape index (κ1) is 14.3. The zero-order valence-corrected chi connectivity index (χ0v) is 11.7. The lowest BCUT2D eigenvalue weighted by molar-refractivity contribution is -0.156. The molecule has 19 heavy (non-hydrogen) atoms. The molecule has 0 aromatic rings. The SMILES string of the molecule is CCC(CC)(C(=O)O)C(=O)NC1COC2(CCC2)C1. The normalized spacial score (nSPS) is 25.1. The maximum absolute atomic E-state index is 12.3. The van der Waals surface area contributed by atoms with Crippen molar-refractivity contribution in [1.82, 2.24) is 5.32 Å². The Hall–Kier alpha value is -1.10. The number of hydrogen-bond donors (Lipinski definition) is 2. The predicted octanol–water partition coefficient (Wildman–Crippen LogP) is 1.71. The third-order valence-corrected chi connectivity index (χ3v) is 4.86. The van der Waals surface area contributed by atoms with E-state index in [9.17, 15) is 14.7 Å².